The highest BCUT2D eigenvalue weighted by molar-refractivity contribution is 7.80. The quantitative estimate of drug-likeness (QED) is 0.204. The zero-order valence-corrected chi connectivity index (χ0v) is 16.5. The normalized spacial score (nSPS) is 11.1. The number of halogens is 2. The van der Waals surface area contributed by atoms with E-state index in [2.05, 4.69) is 26.1 Å². The first kappa shape index (κ1) is 20.4. The van der Waals surface area contributed by atoms with Gasteiger partial charge in [0.1, 0.15) is 11.4 Å². The number of phenolic OH excluding ortho intramolecular Hbond substituents is 1. The van der Waals surface area contributed by atoms with Crippen LogP contribution in [0.5, 0.6) is 5.75 Å². The Bertz CT molecular complexity index is 1070. The third kappa shape index (κ3) is 6.06. The molecular weight excluding hydrogens is 413 g/mol. The lowest BCUT2D eigenvalue weighted by Gasteiger charge is -2.07. The van der Waals surface area contributed by atoms with Crippen molar-refractivity contribution in [3.8, 4) is 5.75 Å². The molecule has 0 aliphatic rings. The third-order valence-electron chi connectivity index (χ3n) is 3.61. The van der Waals surface area contributed by atoms with Gasteiger partial charge in [-0.05, 0) is 66.8 Å². The number of benzene rings is 3. The van der Waals surface area contributed by atoms with Gasteiger partial charge in [-0.3, -0.25) is 5.43 Å². The van der Waals surface area contributed by atoms with Crippen LogP contribution in [0.25, 0.3) is 0 Å². The van der Waals surface area contributed by atoms with Gasteiger partial charge in [-0.15, -0.1) is 5.11 Å². The summed E-state index contributed by atoms with van der Waals surface area (Å²) in [5.41, 5.74) is 4.33. The van der Waals surface area contributed by atoms with E-state index < -0.39 is 5.82 Å². The molecule has 0 atom stereocenters. The molecule has 0 bridgehead atoms. The fourth-order valence-corrected chi connectivity index (χ4v) is 2.50. The highest BCUT2D eigenvalue weighted by Crippen LogP contribution is 2.25. The summed E-state index contributed by atoms with van der Waals surface area (Å²) in [6, 6.07) is 17.6. The largest absolute Gasteiger partial charge is 0.507 e. The van der Waals surface area contributed by atoms with Crippen molar-refractivity contribution in [2.45, 2.75) is 0 Å². The zero-order chi connectivity index (χ0) is 20.6. The molecule has 3 aromatic carbocycles. The topological polar surface area (TPSA) is 81.4 Å². The second kappa shape index (κ2) is 9.72. The Balaban J connectivity index is 1.64. The Hall–Kier alpha value is -3.36. The number of phenols is 1. The SMILES string of the molecule is Oc1ccc(N=Nc2ccccc2F)cc1/C=N/NC(=S)Nc1ccc(Cl)cc1. The van der Waals surface area contributed by atoms with E-state index in [0.29, 0.717) is 16.3 Å². The number of rotatable bonds is 5. The van der Waals surface area contributed by atoms with E-state index in [1.54, 1.807) is 48.5 Å². The second-order valence-electron chi connectivity index (χ2n) is 5.73. The minimum absolute atomic E-state index is 0.00281. The van der Waals surface area contributed by atoms with Crippen molar-refractivity contribution < 1.29 is 9.50 Å². The summed E-state index contributed by atoms with van der Waals surface area (Å²) in [6.45, 7) is 0. The minimum atomic E-state index is -0.470. The monoisotopic (exact) mass is 427 g/mol. The lowest BCUT2D eigenvalue weighted by molar-refractivity contribution is 0.474. The molecular formula is C20H15ClFN5OS. The third-order valence-corrected chi connectivity index (χ3v) is 4.05. The molecule has 0 aromatic heterocycles. The molecule has 146 valence electrons. The number of aromatic hydroxyl groups is 1. The molecule has 0 fully saturated rings. The lowest BCUT2D eigenvalue weighted by atomic mass is 10.2. The fourth-order valence-electron chi connectivity index (χ4n) is 2.20. The van der Waals surface area contributed by atoms with Gasteiger partial charge < -0.3 is 10.4 Å². The highest BCUT2D eigenvalue weighted by Gasteiger charge is 2.02. The van der Waals surface area contributed by atoms with Gasteiger partial charge in [-0.25, -0.2) is 4.39 Å². The van der Waals surface area contributed by atoms with E-state index in [1.807, 2.05) is 0 Å². The first-order chi connectivity index (χ1) is 14.0. The Morgan fingerprint density at radius 1 is 1.03 bits per heavy atom. The number of nitrogens with one attached hydrogen (secondary N) is 2. The standard InChI is InChI=1S/C20H15ClFN5OS/c21-14-5-7-15(8-6-14)24-20(29)27-23-12-13-11-16(9-10-19(13)28)25-26-18-4-2-1-3-17(18)22/h1-12,28H,(H2,24,27,29)/b23-12+,26-25?. The van der Waals surface area contributed by atoms with Gasteiger partial charge in [-0.1, -0.05) is 23.7 Å². The average molecular weight is 428 g/mol. The molecule has 0 saturated heterocycles. The number of hydrogen-bond donors (Lipinski definition) is 3. The molecule has 3 aromatic rings. The summed E-state index contributed by atoms with van der Waals surface area (Å²) in [4.78, 5) is 0. The van der Waals surface area contributed by atoms with Crippen LogP contribution in [0.2, 0.25) is 5.02 Å². The average Bonchev–Trinajstić information content (AvgIpc) is 2.71. The number of anilines is 1. The maximum absolute atomic E-state index is 13.6. The van der Waals surface area contributed by atoms with Crippen LogP contribution in [0, 0.1) is 5.82 Å². The lowest BCUT2D eigenvalue weighted by Crippen LogP contribution is -2.23. The number of hydrogen-bond acceptors (Lipinski definition) is 5. The molecule has 0 unspecified atom stereocenters. The first-order valence-electron chi connectivity index (χ1n) is 8.36. The maximum atomic E-state index is 13.6. The van der Waals surface area contributed by atoms with Crippen LogP contribution < -0.4 is 10.7 Å². The summed E-state index contributed by atoms with van der Waals surface area (Å²) >= 11 is 11.0. The molecule has 0 radical (unpaired) electrons. The number of azo groups is 1. The van der Waals surface area contributed by atoms with Gasteiger partial charge in [0, 0.05) is 16.3 Å². The predicted molar refractivity (Wildman–Crippen MR) is 117 cm³/mol. The summed E-state index contributed by atoms with van der Waals surface area (Å²) in [5.74, 6) is -0.473. The Kier molecular flexibility index (Phi) is 6.83. The molecule has 6 nitrogen and oxygen atoms in total. The van der Waals surface area contributed by atoms with Crippen molar-refractivity contribution in [2.24, 2.45) is 15.3 Å². The molecule has 0 aliphatic carbocycles. The Labute approximate surface area is 176 Å². The van der Waals surface area contributed by atoms with Crippen LogP contribution in [-0.4, -0.2) is 16.4 Å². The number of hydrazone groups is 1. The van der Waals surface area contributed by atoms with Gasteiger partial charge in [0.05, 0.1) is 11.9 Å². The van der Waals surface area contributed by atoms with Crippen LogP contribution in [0.3, 0.4) is 0 Å². The fraction of sp³-hybridized carbons (Fsp3) is 0. The Morgan fingerprint density at radius 3 is 2.55 bits per heavy atom. The zero-order valence-electron chi connectivity index (χ0n) is 14.9. The van der Waals surface area contributed by atoms with E-state index >= 15 is 0 Å². The number of nitrogens with zero attached hydrogens (tertiary/aromatic N) is 3. The number of thiocarbonyl (C=S) groups is 1. The molecule has 0 saturated carbocycles. The summed E-state index contributed by atoms with van der Waals surface area (Å²) in [7, 11) is 0. The van der Waals surface area contributed by atoms with Crippen LogP contribution in [-0.2, 0) is 0 Å². The molecule has 0 amide bonds. The van der Waals surface area contributed by atoms with E-state index in [-0.39, 0.29) is 16.5 Å². The van der Waals surface area contributed by atoms with E-state index in [9.17, 15) is 9.50 Å². The summed E-state index contributed by atoms with van der Waals surface area (Å²) in [6.07, 6.45) is 1.38. The van der Waals surface area contributed by atoms with Crippen molar-refractivity contribution in [3.05, 3.63) is 83.1 Å². The van der Waals surface area contributed by atoms with Crippen molar-refractivity contribution in [2.75, 3.05) is 5.32 Å². The Morgan fingerprint density at radius 2 is 1.79 bits per heavy atom. The molecule has 3 N–H and O–H groups in total. The van der Waals surface area contributed by atoms with E-state index in [0.717, 1.165) is 5.69 Å². The minimum Gasteiger partial charge on any atom is -0.507 e. The van der Waals surface area contributed by atoms with Gasteiger partial charge in [0.2, 0.25) is 0 Å². The van der Waals surface area contributed by atoms with Crippen LogP contribution >= 0.6 is 23.8 Å². The highest BCUT2D eigenvalue weighted by atomic mass is 35.5. The van der Waals surface area contributed by atoms with E-state index in [1.165, 1.54) is 24.4 Å². The summed E-state index contributed by atoms with van der Waals surface area (Å²) < 4.78 is 13.6. The molecule has 9 heteroatoms. The van der Waals surface area contributed by atoms with Gasteiger partial charge in [0.15, 0.2) is 10.9 Å². The van der Waals surface area contributed by atoms with Crippen LogP contribution in [0.1, 0.15) is 5.56 Å². The van der Waals surface area contributed by atoms with Crippen molar-refractivity contribution >= 4 is 52.2 Å². The first-order valence-corrected chi connectivity index (χ1v) is 9.15. The van der Waals surface area contributed by atoms with Gasteiger partial charge in [0.25, 0.3) is 0 Å². The van der Waals surface area contributed by atoms with Gasteiger partial charge >= 0.3 is 0 Å². The van der Waals surface area contributed by atoms with Gasteiger partial charge in [-0.2, -0.15) is 10.2 Å². The molecule has 0 aliphatic heterocycles. The summed E-state index contributed by atoms with van der Waals surface area (Å²) in [5, 5.41) is 25.7. The van der Waals surface area contributed by atoms with Crippen molar-refractivity contribution in [3.63, 3.8) is 0 Å². The van der Waals surface area contributed by atoms with Crippen molar-refractivity contribution in [1.29, 1.82) is 0 Å². The molecule has 3 rings (SSSR count). The van der Waals surface area contributed by atoms with E-state index in [4.69, 9.17) is 23.8 Å². The molecule has 29 heavy (non-hydrogen) atoms. The van der Waals surface area contributed by atoms with Crippen LogP contribution in [0.15, 0.2) is 82.1 Å². The second-order valence-corrected chi connectivity index (χ2v) is 6.57. The predicted octanol–water partition coefficient (Wildman–Crippen LogP) is 5.92. The molecule has 0 heterocycles. The maximum Gasteiger partial charge on any atom is 0.191 e. The molecule has 0 spiro atoms. The smallest absolute Gasteiger partial charge is 0.191 e. The van der Waals surface area contributed by atoms with Crippen molar-refractivity contribution in [1.82, 2.24) is 5.43 Å². The van der Waals surface area contributed by atoms with Crippen LogP contribution in [0.4, 0.5) is 21.5 Å².